The zero-order valence-corrected chi connectivity index (χ0v) is 14.0. The zero-order chi connectivity index (χ0) is 16.8. The second-order valence-corrected chi connectivity index (χ2v) is 6.74. The van der Waals surface area contributed by atoms with Crippen LogP contribution in [0.5, 0.6) is 5.75 Å². The molecule has 24 heavy (non-hydrogen) atoms. The number of hydrogen-bond donors (Lipinski definition) is 1. The molecule has 1 aromatic rings. The van der Waals surface area contributed by atoms with Crippen LogP contribution >= 0.6 is 0 Å². The molecule has 2 aliphatic heterocycles. The van der Waals surface area contributed by atoms with E-state index in [4.69, 9.17) is 14.6 Å². The minimum atomic E-state index is -0.719. The molecule has 0 saturated carbocycles. The van der Waals surface area contributed by atoms with E-state index >= 15 is 0 Å². The van der Waals surface area contributed by atoms with Crippen LogP contribution in [-0.4, -0.2) is 29.9 Å². The Balaban J connectivity index is 1.47. The number of para-hydroxylation sites is 1. The highest BCUT2D eigenvalue weighted by Crippen LogP contribution is 2.45. The van der Waals surface area contributed by atoms with Gasteiger partial charge in [-0.1, -0.05) is 30.4 Å². The lowest BCUT2D eigenvalue weighted by molar-refractivity contribution is -0.137. The van der Waals surface area contributed by atoms with Crippen LogP contribution in [0.2, 0.25) is 0 Å². The van der Waals surface area contributed by atoms with Gasteiger partial charge < -0.3 is 14.6 Å². The summed E-state index contributed by atoms with van der Waals surface area (Å²) >= 11 is 0. The number of carboxylic acid groups (broad SMARTS) is 1. The Morgan fingerprint density at radius 3 is 2.67 bits per heavy atom. The maximum Gasteiger partial charge on any atom is 0.303 e. The molecule has 0 radical (unpaired) electrons. The standard InChI is InChI=1S/C20H26O4/c21-20(22)11-7-2-1-6-10-16-17(19-13-12-18(16)24-19)14-23-15-8-4-3-5-9-15/h1,3-6,8-9,16-19H,2,7,10-14H2,(H,21,22). The Hall–Kier alpha value is -1.81. The lowest BCUT2D eigenvalue weighted by Crippen LogP contribution is -2.31. The molecule has 4 atom stereocenters. The minimum absolute atomic E-state index is 0.245. The summed E-state index contributed by atoms with van der Waals surface area (Å²) in [6, 6.07) is 9.95. The van der Waals surface area contributed by atoms with E-state index in [0.29, 0.717) is 37.1 Å². The molecule has 2 heterocycles. The number of unbranched alkanes of at least 4 members (excludes halogenated alkanes) is 1. The maximum absolute atomic E-state index is 10.5. The van der Waals surface area contributed by atoms with E-state index in [0.717, 1.165) is 31.4 Å². The van der Waals surface area contributed by atoms with Crippen LogP contribution < -0.4 is 4.74 Å². The molecule has 3 rings (SSSR count). The summed E-state index contributed by atoms with van der Waals surface area (Å²) in [6.45, 7) is 0.711. The summed E-state index contributed by atoms with van der Waals surface area (Å²) in [5, 5.41) is 8.65. The minimum Gasteiger partial charge on any atom is -0.493 e. The van der Waals surface area contributed by atoms with Crippen molar-refractivity contribution in [1.82, 2.24) is 0 Å². The van der Waals surface area contributed by atoms with Crippen LogP contribution in [0.25, 0.3) is 0 Å². The SMILES string of the molecule is O=C(O)CCCC=CCC1C2CCC(O2)C1COc1ccccc1. The smallest absolute Gasteiger partial charge is 0.303 e. The zero-order valence-electron chi connectivity index (χ0n) is 14.0. The van der Waals surface area contributed by atoms with Crippen LogP contribution in [0, 0.1) is 11.8 Å². The molecule has 2 fully saturated rings. The van der Waals surface area contributed by atoms with Gasteiger partial charge in [-0.25, -0.2) is 0 Å². The molecular weight excluding hydrogens is 304 g/mol. The van der Waals surface area contributed by atoms with Gasteiger partial charge in [-0.15, -0.1) is 0 Å². The third-order valence-electron chi connectivity index (χ3n) is 5.11. The van der Waals surface area contributed by atoms with Crippen LogP contribution in [0.3, 0.4) is 0 Å². The quantitative estimate of drug-likeness (QED) is 0.548. The summed E-state index contributed by atoms with van der Waals surface area (Å²) in [5.41, 5.74) is 0. The van der Waals surface area contributed by atoms with Crippen molar-refractivity contribution < 1.29 is 19.4 Å². The molecule has 2 aliphatic rings. The van der Waals surface area contributed by atoms with Crippen molar-refractivity contribution in [2.24, 2.45) is 11.8 Å². The van der Waals surface area contributed by atoms with Crippen molar-refractivity contribution in [3.8, 4) is 5.75 Å². The van der Waals surface area contributed by atoms with Crippen molar-refractivity contribution in [3.05, 3.63) is 42.5 Å². The average molecular weight is 330 g/mol. The molecule has 0 aliphatic carbocycles. The van der Waals surface area contributed by atoms with Gasteiger partial charge in [0.25, 0.3) is 0 Å². The van der Waals surface area contributed by atoms with Gasteiger partial charge in [0.2, 0.25) is 0 Å². The molecule has 4 unspecified atom stereocenters. The molecule has 1 aromatic carbocycles. The summed E-state index contributed by atoms with van der Waals surface area (Å²) in [4.78, 5) is 10.5. The first-order valence-corrected chi connectivity index (χ1v) is 8.94. The number of fused-ring (bicyclic) bond motifs is 2. The first-order chi connectivity index (χ1) is 11.7. The highest BCUT2D eigenvalue weighted by molar-refractivity contribution is 5.66. The number of carboxylic acids is 1. The van der Waals surface area contributed by atoms with Gasteiger partial charge in [0.05, 0.1) is 18.8 Å². The molecule has 4 heteroatoms. The van der Waals surface area contributed by atoms with E-state index in [2.05, 4.69) is 12.2 Å². The number of ether oxygens (including phenoxy) is 2. The second kappa shape index (κ2) is 8.34. The van der Waals surface area contributed by atoms with Crippen molar-refractivity contribution >= 4 is 5.97 Å². The van der Waals surface area contributed by atoms with Crippen molar-refractivity contribution in [3.63, 3.8) is 0 Å². The van der Waals surface area contributed by atoms with Crippen LogP contribution in [0.1, 0.15) is 38.5 Å². The lowest BCUT2D eigenvalue weighted by atomic mass is 9.78. The largest absolute Gasteiger partial charge is 0.493 e. The Labute approximate surface area is 143 Å². The molecule has 130 valence electrons. The molecule has 2 saturated heterocycles. The van der Waals surface area contributed by atoms with E-state index in [-0.39, 0.29) is 6.42 Å². The van der Waals surface area contributed by atoms with Gasteiger partial charge in [0.15, 0.2) is 0 Å². The number of carbonyl (C=O) groups is 1. The van der Waals surface area contributed by atoms with Crippen molar-refractivity contribution in [2.75, 3.05) is 6.61 Å². The fourth-order valence-electron chi connectivity index (χ4n) is 3.88. The molecular formula is C20H26O4. The first kappa shape index (κ1) is 17.0. The molecule has 4 nitrogen and oxygen atoms in total. The van der Waals surface area contributed by atoms with Gasteiger partial charge in [-0.3, -0.25) is 4.79 Å². The number of aliphatic carboxylic acids is 1. The number of allylic oxidation sites excluding steroid dienone is 2. The average Bonchev–Trinajstić information content (AvgIpc) is 3.18. The van der Waals surface area contributed by atoms with E-state index in [1.165, 1.54) is 0 Å². The maximum atomic E-state index is 10.5. The molecule has 1 N–H and O–H groups in total. The van der Waals surface area contributed by atoms with Crippen molar-refractivity contribution in [2.45, 2.75) is 50.7 Å². The summed E-state index contributed by atoms with van der Waals surface area (Å²) in [6.07, 6.45) is 10.1. The van der Waals surface area contributed by atoms with Gasteiger partial charge in [-0.05, 0) is 50.2 Å². The molecule has 0 spiro atoms. The topological polar surface area (TPSA) is 55.8 Å². The highest BCUT2D eigenvalue weighted by atomic mass is 16.5. The molecule has 0 amide bonds. The van der Waals surface area contributed by atoms with Crippen LogP contribution in [0.4, 0.5) is 0 Å². The second-order valence-electron chi connectivity index (χ2n) is 6.74. The van der Waals surface area contributed by atoms with Gasteiger partial charge in [0.1, 0.15) is 5.75 Å². The fraction of sp³-hybridized carbons (Fsp3) is 0.550. The van der Waals surface area contributed by atoms with Gasteiger partial charge >= 0.3 is 5.97 Å². The third-order valence-corrected chi connectivity index (χ3v) is 5.11. The molecule has 0 aromatic heterocycles. The van der Waals surface area contributed by atoms with Crippen molar-refractivity contribution in [1.29, 1.82) is 0 Å². The Kier molecular flexibility index (Phi) is 5.91. The monoisotopic (exact) mass is 330 g/mol. The summed E-state index contributed by atoms with van der Waals surface area (Å²) in [7, 11) is 0. The predicted molar refractivity (Wildman–Crippen MR) is 92.1 cm³/mol. The van der Waals surface area contributed by atoms with Gasteiger partial charge in [0, 0.05) is 12.3 Å². The van der Waals surface area contributed by atoms with E-state index < -0.39 is 5.97 Å². The number of rotatable bonds is 9. The van der Waals surface area contributed by atoms with Crippen LogP contribution in [0.15, 0.2) is 42.5 Å². The fourth-order valence-corrected chi connectivity index (χ4v) is 3.88. The van der Waals surface area contributed by atoms with E-state index in [9.17, 15) is 4.79 Å². The Morgan fingerprint density at radius 1 is 1.17 bits per heavy atom. The van der Waals surface area contributed by atoms with Crippen LogP contribution in [-0.2, 0) is 9.53 Å². The van der Waals surface area contributed by atoms with E-state index in [1.807, 2.05) is 30.3 Å². The first-order valence-electron chi connectivity index (χ1n) is 8.94. The number of benzene rings is 1. The predicted octanol–water partition coefficient (Wildman–Crippen LogP) is 4.06. The number of hydrogen-bond acceptors (Lipinski definition) is 3. The summed E-state index contributed by atoms with van der Waals surface area (Å²) < 4.78 is 12.1. The Morgan fingerprint density at radius 2 is 1.92 bits per heavy atom. The summed E-state index contributed by atoms with van der Waals surface area (Å²) in [5.74, 6) is 1.17. The Bertz CT molecular complexity index is 554. The molecule has 2 bridgehead atoms. The van der Waals surface area contributed by atoms with Gasteiger partial charge in [-0.2, -0.15) is 0 Å². The lowest BCUT2D eigenvalue weighted by Gasteiger charge is -2.27. The normalized spacial score (nSPS) is 28.5. The van der Waals surface area contributed by atoms with E-state index in [1.54, 1.807) is 0 Å². The third kappa shape index (κ3) is 4.38. The highest BCUT2D eigenvalue weighted by Gasteiger charge is 2.48.